The third-order valence-electron chi connectivity index (χ3n) is 4.76. The van der Waals surface area contributed by atoms with Crippen LogP contribution in [0.1, 0.15) is 35.1 Å². The molecule has 0 aliphatic heterocycles. The summed E-state index contributed by atoms with van der Waals surface area (Å²) in [5, 5.41) is 49.7. The van der Waals surface area contributed by atoms with E-state index < -0.39 is 0 Å². The van der Waals surface area contributed by atoms with Crippen LogP contribution in [0.3, 0.4) is 0 Å². The Labute approximate surface area is 168 Å². The van der Waals surface area contributed by atoms with Crippen LogP contribution in [0.15, 0.2) is 48.5 Å². The van der Waals surface area contributed by atoms with E-state index in [1.165, 1.54) is 37.4 Å². The van der Waals surface area contributed by atoms with Gasteiger partial charge in [0.15, 0.2) is 23.0 Å². The molecule has 1 unspecified atom stereocenters. The van der Waals surface area contributed by atoms with Gasteiger partial charge in [-0.05, 0) is 53.1 Å². The number of aromatic hydroxyl groups is 5. The highest BCUT2D eigenvalue weighted by Gasteiger charge is 2.19. The Balaban J connectivity index is 1.91. The maximum atomic E-state index is 10.5. The Hall–Kier alpha value is -3.80. The molecule has 0 saturated heterocycles. The zero-order valence-electron chi connectivity index (χ0n) is 16.0. The second kappa shape index (κ2) is 8.06. The molecule has 0 amide bonds. The molecule has 0 saturated carbocycles. The van der Waals surface area contributed by atoms with Crippen LogP contribution in [-0.4, -0.2) is 32.6 Å². The van der Waals surface area contributed by atoms with Crippen LogP contribution >= 0.6 is 0 Å². The van der Waals surface area contributed by atoms with Crippen molar-refractivity contribution in [2.75, 3.05) is 7.11 Å². The van der Waals surface area contributed by atoms with E-state index in [1.807, 2.05) is 6.92 Å². The molecule has 5 N–H and O–H groups in total. The molecule has 3 aromatic carbocycles. The molecule has 0 heterocycles. The first-order chi connectivity index (χ1) is 13.8. The van der Waals surface area contributed by atoms with Gasteiger partial charge in [0.25, 0.3) is 0 Å². The summed E-state index contributed by atoms with van der Waals surface area (Å²) in [6.45, 7) is 1.83. The molecule has 3 rings (SSSR count). The summed E-state index contributed by atoms with van der Waals surface area (Å²) >= 11 is 0. The van der Waals surface area contributed by atoms with E-state index in [2.05, 4.69) is 0 Å². The lowest BCUT2D eigenvalue weighted by atomic mass is 9.90. The summed E-state index contributed by atoms with van der Waals surface area (Å²) in [7, 11) is 1.45. The van der Waals surface area contributed by atoms with Gasteiger partial charge in [-0.2, -0.15) is 0 Å². The van der Waals surface area contributed by atoms with Crippen molar-refractivity contribution < 1.29 is 30.3 Å². The lowest BCUT2D eigenvalue weighted by molar-refractivity contribution is 0.372. The molecular weight excluding hydrogens is 372 g/mol. The molecule has 29 heavy (non-hydrogen) atoms. The van der Waals surface area contributed by atoms with E-state index in [0.717, 1.165) is 5.56 Å². The largest absolute Gasteiger partial charge is 0.507 e. The smallest absolute Gasteiger partial charge is 0.160 e. The second-order valence-corrected chi connectivity index (χ2v) is 6.71. The van der Waals surface area contributed by atoms with Gasteiger partial charge >= 0.3 is 0 Å². The summed E-state index contributed by atoms with van der Waals surface area (Å²) in [5.74, 6) is -0.609. The average Bonchev–Trinajstić information content (AvgIpc) is 2.68. The van der Waals surface area contributed by atoms with Gasteiger partial charge < -0.3 is 30.3 Å². The van der Waals surface area contributed by atoms with Crippen LogP contribution in [0, 0.1) is 0 Å². The Morgan fingerprint density at radius 3 is 1.90 bits per heavy atom. The van der Waals surface area contributed by atoms with Crippen molar-refractivity contribution in [3.8, 4) is 34.5 Å². The predicted octanol–water partition coefficient (Wildman–Crippen LogP) is 4.55. The van der Waals surface area contributed by atoms with Crippen molar-refractivity contribution in [3.63, 3.8) is 0 Å². The fourth-order valence-electron chi connectivity index (χ4n) is 3.15. The van der Waals surface area contributed by atoms with Gasteiger partial charge in [-0.1, -0.05) is 31.2 Å². The molecule has 0 bridgehead atoms. The summed E-state index contributed by atoms with van der Waals surface area (Å²) in [6, 6.07) is 12.3. The van der Waals surface area contributed by atoms with Crippen molar-refractivity contribution in [3.05, 3.63) is 70.8 Å². The Bertz CT molecular complexity index is 1050. The molecule has 0 spiro atoms. The van der Waals surface area contributed by atoms with E-state index in [4.69, 9.17) is 4.74 Å². The third-order valence-corrected chi connectivity index (χ3v) is 4.76. The molecule has 0 aliphatic carbocycles. The lowest BCUT2D eigenvalue weighted by Gasteiger charge is -2.17. The fourth-order valence-corrected chi connectivity index (χ4v) is 3.15. The number of hydrogen-bond acceptors (Lipinski definition) is 6. The molecule has 0 aliphatic rings. The topological polar surface area (TPSA) is 110 Å². The van der Waals surface area contributed by atoms with E-state index in [1.54, 1.807) is 30.4 Å². The fraction of sp³-hybridized carbons (Fsp3) is 0.130. The quantitative estimate of drug-likeness (QED) is 0.321. The minimum absolute atomic E-state index is 0.0117. The molecule has 150 valence electrons. The lowest BCUT2D eigenvalue weighted by Crippen LogP contribution is -1.99. The Morgan fingerprint density at radius 1 is 0.690 bits per heavy atom. The monoisotopic (exact) mass is 394 g/mol. The Kier molecular flexibility index (Phi) is 5.54. The summed E-state index contributed by atoms with van der Waals surface area (Å²) in [4.78, 5) is 0. The van der Waals surface area contributed by atoms with E-state index in [-0.39, 0.29) is 34.7 Å². The maximum absolute atomic E-state index is 10.5. The first-order valence-electron chi connectivity index (χ1n) is 8.93. The second-order valence-electron chi connectivity index (χ2n) is 6.71. The molecule has 6 heteroatoms. The normalized spacial score (nSPS) is 12.2. The molecule has 1 atom stereocenters. The molecule has 0 radical (unpaired) electrons. The molecule has 0 aromatic heterocycles. The number of benzene rings is 3. The number of methoxy groups -OCH3 is 1. The van der Waals surface area contributed by atoms with Crippen LogP contribution in [-0.2, 0) is 0 Å². The predicted molar refractivity (Wildman–Crippen MR) is 111 cm³/mol. The molecule has 6 nitrogen and oxygen atoms in total. The van der Waals surface area contributed by atoms with E-state index in [9.17, 15) is 25.5 Å². The summed E-state index contributed by atoms with van der Waals surface area (Å²) in [5.41, 5.74) is 2.32. The number of hydrogen-bond donors (Lipinski definition) is 5. The van der Waals surface area contributed by atoms with Crippen molar-refractivity contribution in [2.45, 2.75) is 12.8 Å². The highest BCUT2D eigenvalue weighted by Crippen LogP contribution is 2.41. The number of rotatable bonds is 5. The SMILES string of the molecule is COc1cc(C(C)c2c(O)cc(/C=C/c3ccc(O)c(O)c3)cc2O)ccc1O. The summed E-state index contributed by atoms with van der Waals surface area (Å²) < 4.78 is 5.12. The highest BCUT2D eigenvalue weighted by molar-refractivity contribution is 5.73. The summed E-state index contributed by atoms with van der Waals surface area (Å²) in [6.07, 6.45) is 3.35. The van der Waals surface area contributed by atoms with Crippen LogP contribution in [0.25, 0.3) is 12.2 Å². The minimum atomic E-state index is -0.350. The molecule has 0 fully saturated rings. The van der Waals surface area contributed by atoms with Crippen molar-refractivity contribution in [1.82, 2.24) is 0 Å². The number of phenols is 5. The van der Waals surface area contributed by atoms with Gasteiger partial charge in [-0.15, -0.1) is 0 Å². The van der Waals surface area contributed by atoms with Crippen molar-refractivity contribution >= 4 is 12.2 Å². The van der Waals surface area contributed by atoms with Gasteiger partial charge in [-0.25, -0.2) is 0 Å². The third kappa shape index (κ3) is 4.21. The standard InChI is InChI=1S/C23H22O6/c1-13(16-6-8-18(25)22(12-16)29-2)23-20(27)10-15(11-21(23)28)4-3-14-5-7-17(24)19(26)9-14/h3-13,24-28H,1-2H3/b4-3+. The van der Waals surface area contributed by atoms with Gasteiger partial charge in [0.2, 0.25) is 0 Å². The van der Waals surface area contributed by atoms with E-state index >= 15 is 0 Å². The van der Waals surface area contributed by atoms with Gasteiger partial charge in [0.1, 0.15) is 11.5 Å². The minimum Gasteiger partial charge on any atom is -0.507 e. The number of ether oxygens (including phenoxy) is 1. The molecular formula is C23H22O6. The first-order valence-corrected chi connectivity index (χ1v) is 8.93. The zero-order valence-corrected chi connectivity index (χ0v) is 16.0. The van der Waals surface area contributed by atoms with Crippen LogP contribution in [0.5, 0.6) is 34.5 Å². The molecule has 3 aromatic rings. The average molecular weight is 394 g/mol. The van der Waals surface area contributed by atoms with Gasteiger partial charge in [0.05, 0.1) is 7.11 Å². The van der Waals surface area contributed by atoms with Gasteiger partial charge in [0, 0.05) is 11.5 Å². The van der Waals surface area contributed by atoms with Crippen LogP contribution < -0.4 is 4.74 Å². The maximum Gasteiger partial charge on any atom is 0.160 e. The number of phenolic OH excluding ortho intramolecular Hbond substituents is 5. The van der Waals surface area contributed by atoms with Crippen LogP contribution in [0.4, 0.5) is 0 Å². The van der Waals surface area contributed by atoms with E-state index in [0.29, 0.717) is 22.4 Å². The van der Waals surface area contributed by atoms with Crippen molar-refractivity contribution in [1.29, 1.82) is 0 Å². The highest BCUT2D eigenvalue weighted by atomic mass is 16.5. The van der Waals surface area contributed by atoms with Gasteiger partial charge in [-0.3, -0.25) is 0 Å². The van der Waals surface area contributed by atoms with Crippen LogP contribution in [0.2, 0.25) is 0 Å². The first kappa shape index (κ1) is 19.9. The Morgan fingerprint density at radius 2 is 1.28 bits per heavy atom. The zero-order chi connectivity index (χ0) is 21.1. The van der Waals surface area contributed by atoms with Crippen molar-refractivity contribution in [2.24, 2.45) is 0 Å².